The van der Waals surface area contributed by atoms with Gasteiger partial charge in [0.1, 0.15) is 6.54 Å². The van der Waals surface area contributed by atoms with E-state index in [1.165, 1.54) is 4.90 Å². The summed E-state index contributed by atoms with van der Waals surface area (Å²) >= 11 is 3.35. The fourth-order valence-electron chi connectivity index (χ4n) is 3.16. The molecule has 2 aromatic rings. The van der Waals surface area contributed by atoms with Crippen LogP contribution in [0.2, 0.25) is 0 Å². The van der Waals surface area contributed by atoms with Crippen LogP contribution in [0.5, 0.6) is 0 Å². The van der Waals surface area contributed by atoms with Gasteiger partial charge in [-0.05, 0) is 37.3 Å². The van der Waals surface area contributed by atoms with E-state index in [4.69, 9.17) is 0 Å². The molecule has 0 bridgehead atoms. The molecular weight excluding hydrogens is 410 g/mol. The zero-order valence-electron chi connectivity index (χ0n) is 15.1. The van der Waals surface area contributed by atoms with Crippen LogP contribution in [-0.2, 0) is 9.59 Å². The molecule has 1 aliphatic heterocycles. The molecular formula is C20H20BrN3O3. The SMILES string of the molecule is C[C@@H]1CC(=O)Nc2ccccc2N1C(=O)CN(C)C(=O)c1cccc(Br)c1. The molecule has 3 amide bonds. The number of hydrogen-bond donors (Lipinski definition) is 1. The van der Waals surface area contributed by atoms with Crippen molar-refractivity contribution in [3.8, 4) is 0 Å². The number of hydrogen-bond acceptors (Lipinski definition) is 3. The molecule has 0 fully saturated rings. The fourth-order valence-corrected chi connectivity index (χ4v) is 3.56. The molecule has 2 aromatic carbocycles. The first kappa shape index (κ1) is 19.1. The van der Waals surface area contributed by atoms with Gasteiger partial charge in [-0.2, -0.15) is 0 Å². The molecule has 6 nitrogen and oxygen atoms in total. The Morgan fingerprint density at radius 3 is 2.70 bits per heavy atom. The summed E-state index contributed by atoms with van der Waals surface area (Å²) in [4.78, 5) is 40.7. The number of rotatable bonds is 3. The summed E-state index contributed by atoms with van der Waals surface area (Å²) in [5.74, 6) is -0.615. The highest BCUT2D eigenvalue weighted by Gasteiger charge is 2.30. The molecule has 0 spiro atoms. The van der Waals surface area contributed by atoms with E-state index >= 15 is 0 Å². The molecule has 140 valence electrons. The number of para-hydroxylation sites is 2. The summed E-state index contributed by atoms with van der Waals surface area (Å²) < 4.78 is 0.799. The van der Waals surface area contributed by atoms with Crippen molar-refractivity contribution in [2.24, 2.45) is 0 Å². The number of halogens is 1. The minimum absolute atomic E-state index is 0.0851. The van der Waals surface area contributed by atoms with Gasteiger partial charge in [0.25, 0.3) is 5.91 Å². The average molecular weight is 430 g/mol. The van der Waals surface area contributed by atoms with Gasteiger partial charge in [0, 0.05) is 29.5 Å². The Hall–Kier alpha value is -2.67. The number of likely N-dealkylation sites (N-methyl/N-ethyl adjacent to an activating group) is 1. The third-order valence-electron chi connectivity index (χ3n) is 4.42. The summed E-state index contributed by atoms with van der Waals surface area (Å²) in [7, 11) is 1.60. The minimum Gasteiger partial charge on any atom is -0.332 e. The maximum absolute atomic E-state index is 13.0. The second-order valence-electron chi connectivity index (χ2n) is 6.55. The van der Waals surface area contributed by atoms with Gasteiger partial charge in [0.05, 0.1) is 11.4 Å². The molecule has 1 heterocycles. The zero-order valence-corrected chi connectivity index (χ0v) is 16.7. The van der Waals surface area contributed by atoms with Crippen molar-refractivity contribution in [3.63, 3.8) is 0 Å². The number of benzene rings is 2. The van der Waals surface area contributed by atoms with E-state index in [2.05, 4.69) is 21.2 Å². The van der Waals surface area contributed by atoms with Crippen molar-refractivity contribution in [3.05, 3.63) is 58.6 Å². The van der Waals surface area contributed by atoms with Crippen LogP contribution in [0.1, 0.15) is 23.7 Å². The summed E-state index contributed by atoms with van der Waals surface area (Å²) in [6, 6.07) is 13.9. The maximum atomic E-state index is 13.0. The van der Waals surface area contributed by atoms with E-state index in [0.29, 0.717) is 16.9 Å². The van der Waals surface area contributed by atoms with Gasteiger partial charge in [-0.15, -0.1) is 0 Å². The number of carbonyl (C=O) groups excluding carboxylic acids is 3. The van der Waals surface area contributed by atoms with Gasteiger partial charge < -0.3 is 15.1 Å². The van der Waals surface area contributed by atoms with Crippen LogP contribution < -0.4 is 10.2 Å². The largest absolute Gasteiger partial charge is 0.332 e. The first-order valence-corrected chi connectivity index (χ1v) is 9.38. The first-order valence-electron chi connectivity index (χ1n) is 8.59. The van der Waals surface area contributed by atoms with Gasteiger partial charge in [-0.25, -0.2) is 0 Å². The highest BCUT2D eigenvalue weighted by Crippen LogP contribution is 2.31. The van der Waals surface area contributed by atoms with Crippen LogP contribution >= 0.6 is 15.9 Å². The molecule has 3 rings (SSSR count). The van der Waals surface area contributed by atoms with Gasteiger partial charge in [-0.1, -0.05) is 34.1 Å². The van der Waals surface area contributed by atoms with Crippen LogP contribution in [0.4, 0.5) is 11.4 Å². The summed E-state index contributed by atoms with van der Waals surface area (Å²) in [6.07, 6.45) is 0.198. The van der Waals surface area contributed by atoms with Crippen LogP contribution in [0.25, 0.3) is 0 Å². The van der Waals surface area contributed by atoms with Gasteiger partial charge in [-0.3, -0.25) is 14.4 Å². The quantitative estimate of drug-likeness (QED) is 0.813. The lowest BCUT2D eigenvalue weighted by Crippen LogP contribution is -2.45. The van der Waals surface area contributed by atoms with Crippen LogP contribution in [0.15, 0.2) is 53.0 Å². The van der Waals surface area contributed by atoms with E-state index in [1.807, 2.05) is 19.1 Å². The Bertz CT molecular complexity index is 900. The topological polar surface area (TPSA) is 69.7 Å². The van der Waals surface area contributed by atoms with Crippen molar-refractivity contribution >= 4 is 45.0 Å². The Labute approximate surface area is 166 Å². The van der Waals surface area contributed by atoms with Crippen molar-refractivity contribution in [2.45, 2.75) is 19.4 Å². The molecule has 27 heavy (non-hydrogen) atoms. The summed E-state index contributed by atoms with van der Waals surface area (Å²) in [5.41, 5.74) is 1.74. The van der Waals surface area contributed by atoms with Crippen molar-refractivity contribution in [1.29, 1.82) is 0 Å². The predicted octanol–water partition coefficient (Wildman–Crippen LogP) is 3.29. The van der Waals surface area contributed by atoms with E-state index in [-0.39, 0.29) is 36.7 Å². The van der Waals surface area contributed by atoms with Gasteiger partial charge >= 0.3 is 0 Å². The van der Waals surface area contributed by atoms with Crippen molar-refractivity contribution in [2.75, 3.05) is 23.8 Å². The van der Waals surface area contributed by atoms with E-state index in [9.17, 15) is 14.4 Å². The number of anilines is 2. The highest BCUT2D eigenvalue weighted by molar-refractivity contribution is 9.10. The molecule has 0 aromatic heterocycles. The normalized spacial score (nSPS) is 16.2. The smallest absolute Gasteiger partial charge is 0.254 e. The average Bonchev–Trinajstić information content (AvgIpc) is 2.75. The number of amides is 3. The highest BCUT2D eigenvalue weighted by atomic mass is 79.9. The molecule has 1 aliphatic rings. The lowest BCUT2D eigenvalue weighted by atomic mass is 10.1. The number of nitrogens with zero attached hydrogens (tertiary/aromatic N) is 2. The Morgan fingerprint density at radius 2 is 1.96 bits per heavy atom. The number of fused-ring (bicyclic) bond motifs is 1. The Kier molecular flexibility index (Phi) is 5.60. The second kappa shape index (κ2) is 7.92. The third kappa shape index (κ3) is 4.19. The molecule has 1 N–H and O–H groups in total. The molecule has 1 atom stereocenters. The first-order chi connectivity index (χ1) is 12.9. The van der Waals surface area contributed by atoms with Crippen molar-refractivity contribution in [1.82, 2.24) is 4.90 Å². The fraction of sp³-hybridized carbons (Fsp3) is 0.250. The maximum Gasteiger partial charge on any atom is 0.254 e. The van der Waals surface area contributed by atoms with E-state index < -0.39 is 0 Å². The second-order valence-corrected chi connectivity index (χ2v) is 7.47. The van der Waals surface area contributed by atoms with Gasteiger partial charge in [0.15, 0.2) is 0 Å². The minimum atomic E-state index is -0.310. The molecule has 0 radical (unpaired) electrons. The van der Waals surface area contributed by atoms with Crippen molar-refractivity contribution < 1.29 is 14.4 Å². The molecule has 0 aliphatic carbocycles. The monoisotopic (exact) mass is 429 g/mol. The lowest BCUT2D eigenvalue weighted by Gasteiger charge is -2.29. The lowest BCUT2D eigenvalue weighted by molar-refractivity contribution is -0.119. The predicted molar refractivity (Wildman–Crippen MR) is 108 cm³/mol. The van der Waals surface area contributed by atoms with E-state index in [0.717, 1.165) is 4.47 Å². The summed E-state index contributed by atoms with van der Waals surface area (Å²) in [5, 5.41) is 2.83. The molecule has 0 saturated carbocycles. The Morgan fingerprint density at radius 1 is 1.22 bits per heavy atom. The number of nitrogens with one attached hydrogen (secondary N) is 1. The van der Waals surface area contributed by atoms with Crippen LogP contribution in [-0.4, -0.2) is 42.3 Å². The number of carbonyl (C=O) groups is 3. The van der Waals surface area contributed by atoms with Crippen LogP contribution in [0, 0.1) is 0 Å². The Balaban J connectivity index is 1.82. The molecule has 7 heteroatoms. The summed E-state index contributed by atoms with van der Waals surface area (Å²) in [6.45, 7) is 1.74. The standard InChI is InChI=1S/C20H20BrN3O3/c1-13-10-18(25)22-16-8-3-4-9-17(16)24(13)19(26)12-23(2)20(27)14-6-5-7-15(21)11-14/h3-9,11,13H,10,12H2,1-2H3,(H,22,25)/t13-/m1/s1. The molecule has 0 unspecified atom stereocenters. The third-order valence-corrected chi connectivity index (χ3v) is 4.91. The zero-order chi connectivity index (χ0) is 19.6. The molecule has 0 saturated heterocycles. The van der Waals surface area contributed by atoms with Gasteiger partial charge in [0.2, 0.25) is 11.8 Å². The van der Waals surface area contributed by atoms with Crippen LogP contribution in [0.3, 0.4) is 0 Å². The van der Waals surface area contributed by atoms with E-state index in [1.54, 1.807) is 48.3 Å².